The molecule has 5 nitrogen and oxygen atoms in total. The Bertz CT molecular complexity index is 679. The maximum absolute atomic E-state index is 13.0. The molecule has 1 saturated carbocycles. The first kappa shape index (κ1) is 16.2. The van der Waals surface area contributed by atoms with Gasteiger partial charge in [0, 0.05) is 6.04 Å². The second-order valence-electron chi connectivity index (χ2n) is 5.36. The third-order valence-corrected chi connectivity index (χ3v) is 5.88. The highest BCUT2D eigenvalue weighted by molar-refractivity contribution is 7.89. The summed E-state index contributed by atoms with van der Waals surface area (Å²) >= 11 is 5.76. The first-order chi connectivity index (χ1) is 9.67. The van der Waals surface area contributed by atoms with E-state index in [0.29, 0.717) is 19.3 Å². The van der Waals surface area contributed by atoms with Gasteiger partial charge in [0.05, 0.1) is 10.4 Å². The fourth-order valence-electron chi connectivity index (χ4n) is 2.56. The Kier molecular flexibility index (Phi) is 4.28. The van der Waals surface area contributed by atoms with Crippen LogP contribution < -0.4 is 4.72 Å². The summed E-state index contributed by atoms with van der Waals surface area (Å²) in [6, 6.07) is 2.24. The van der Waals surface area contributed by atoms with Crippen molar-refractivity contribution in [3.05, 3.63) is 29.0 Å². The van der Waals surface area contributed by atoms with Crippen molar-refractivity contribution in [2.75, 3.05) is 0 Å². The third-order valence-electron chi connectivity index (χ3n) is 3.93. The molecule has 1 aromatic rings. The van der Waals surface area contributed by atoms with E-state index in [9.17, 15) is 22.7 Å². The van der Waals surface area contributed by atoms with Gasteiger partial charge < -0.3 is 5.11 Å². The minimum Gasteiger partial charge on any atom is -0.481 e. The van der Waals surface area contributed by atoms with Crippen LogP contribution in [0.3, 0.4) is 0 Å². The van der Waals surface area contributed by atoms with Crippen LogP contribution in [0.15, 0.2) is 23.1 Å². The number of carboxylic acid groups (broad SMARTS) is 1. The normalized spacial score (nSPS) is 26.0. The third kappa shape index (κ3) is 3.04. The molecule has 1 aliphatic rings. The van der Waals surface area contributed by atoms with Crippen LogP contribution in [-0.2, 0) is 14.8 Å². The van der Waals surface area contributed by atoms with Crippen LogP contribution in [0.4, 0.5) is 4.39 Å². The Morgan fingerprint density at radius 3 is 2.76 bits per heavy atom. The fraction of sp³-hybridized carbons (Fsp3) is 0.462. The first-order valence-electron chi connectivity index (χ1n) is 6.37. The van der Waals surface area contributed by atoms with Gasteiger partial charge in [-0.25, -0.2) is 17.5 Å². The minimum atomic E-state index is -4.01. The molecule has 0 amide bonds. The van der Waals surface area contributed by atoms with Gasteiger partial charge in [-0.1, -0.05) is 18.0 Å². The van der Waals surface area contributed by atoms with Gasteiger partial charge in [0.2, 0.25) is 10.0 Å². The van der Waals surface area contributed by atoms with E-state index in [4.69, 9.17) is 11.6 Å². The molecule has 0 radical (unpaired) electrons. The Labute approximate surface area is 127 Å². The molecular formula is C13H15ClFNO4S. The Morgan fingerprint density at radius 1 is 1.52 bits per heavy atom. The molecule has 0 heterocycles. The van der Waals surface area contributed by atoms with Crippen LogP contribution in [0, 0.1) is 11.2 Å². The van der Waals surface area contributed by atoms with Gasteiger partial charge in [-0.3, -0.25) is 4.79 Å². The topological polar surface area (TPSA) is 83.5 Å². The number of carbonyl (C=O) groups is 1. The molecule has 116 valence electrons. The molecule has 1 fully saturated rings. The molecule has 2 rings (SSSR count). The van der Waals surface area contributed by atoms with Crippen molar-refractivity contribution in [2.45, 2.75) is 37.1 Å². The van der Waals surface area contributed by atoms with Crippen molar-refractivity contribution in [3.63, 3.8) is 0 Å². The van der Waals surface area contributed by atoms with E-state index >= 15 is 0 Å². The van der Waals surface area contributed by atoms with Gasteiger partial charge in [0.25, 0.3) is 0 Å². The molecule has 0 aromatic heterocycles. The van der Waals surface area contributed by atoms with E-state index in [-0.39, 0.29) is 9.92 Å². The molecule has 1 aromatic carbocycles. The van der Waals surface area contributed by atoms with Gasteiger partial charge in [-0.05, 0) is 38.0 Å². The van der Waals surface area contributed by atoms with E-state index in [1.807, 2.05) is 0 Å². The van der Waals surface area contributed by atoms with Crippen molar-refractivity contribution in [1.82, 2.24) is 4.72 Å². The van der Waals surface area contributed by atoms with Crippen LogP contribution in [0.2, 0.25) is 5.02 Å². The second-order valence-corrected chi connectivity index (χ2v) is 7.45. The zero-order chi connectivity index (χ0) is 15.8. The van der Waals surface area contributed by atoms with Gasteiger partial charge >= 0.3 is 5.97 Å². The SMILES string of the molecule is CC1(C(=O)O)CCCC1NS(=O)(=O)c1ccc(F)cc1Cl. The number of nitrogens with one attached hydrogen (secondary N) is 1. The molecule has 0 spiro atoms. The molecule has 21 heavy (non-hydrogen) atoms. The number of rotatable bonds is 4. The highest BCUT2D eigenvalue weighted by atomic mass is 35.5. The van der Waals surface area contributed by atoms with Crippen molar-refractivity contribution in [3.8, 4) is 0 Å². The number of halogens is 2. The van der Waals surface area contributed by atoms with Crippen molar-refractivity contribution in [2.24, 2.45) is 5.41 Å². The molecule has 1 aliphatic carbocycles. The Hall–Kier alpha value is -1.18. The van der Waals surface area contributed by atoms with Gasteiger partial charge in [0.1, 0.15) is 10.7 Å². The summed E-state index contributed by atoms with van der Waals surface area (Å²) in [5.41, 5.74) is -1.15. The van der Waals surface area contributed by atoms with E-state index in [0.717, 1.165) is 18.2 Å². The average Bonchev–Trinajstić information content (AvgIpc) is 2.71. The first-order valence-corrected chi connectivity index (χ1v) is 8.24. The van der Waals surface area contributed by atoms with E-state index < -0.39 is 33.3 Å². The zero-order valence-electron chi connectivity index (χ0n) is 11.3. The van der Waals surface area contributed by atoms with Crippen LogP contribution in [0.1, 0.15) is 26.2 Å². The zero-order valence-corrected chi connectivity index (χ0v) is 12.8. The smallest absolute Gasteiger partial charge is 0.310 e. The van der Waals surface area contributed by atoms with Crippen molar-refractivity contribution >= 4 is 27.6 Å². The maximum atomic E-state index is 13.0. The summed E-state index contributed by atoms with van der Waals surface area (Å²) in [7, 11) is -4.01. The molecule has 0 bridgehead atoms. The molecule has 0 saturated heterocycles. The quantitative estimate of drug-likeness (QED) is 0.885. The molecular weight excluding hydrogens is 321 g/mol. The lowest BCUT2D eigenvalue weighted by atomic mass is 9.85. The lowest BCUT2D eigenvalue weighted by molar-refractivity contribution is -0.148. The van der Waals surface area contributed by atoms with Crippen molar-refractivity contribution in [1.29, 1.82) is 0 Å². The van der Waals surface area contributed by atoms with E-state index in [1.54, 1.807) is 0 Å². The summed E-state index contributed by atoms with van der Waals surface area (Å²) in [6.07, 6.45) is 1.45. The maximum Gasteiger partial charge on any atom is 0.310 e. The summed E-state index contributed by atoms with van der Waals surface area (Å²) in [6.45, 7) is 1.52. The van der Waals surface area contributed by atoms with Gasteiger partial charge in [0.15, 0.2) is 0 Å². The highest BCUT2D eigenvalue weighted by Gasteiger charge is 2.47. The number of sulfonamides is 1. The van der Waals surface area contributed by atoms with Crippen LogP contribution in [-0.4, -0.2) is 25.5 Å². The Morgan fingerprint density at radius 2 is 2.19 bits per heavy atom. The summed E-state index contributed by atoms with van der Waals surface area (Å²) < 4.78 is 40.0. The van der Waals surface area contributed by atoms with Crippen molar-refractivity contribution < 1.29 is 22.7 Å². The van der Waals surface area contributed by atoms with Gasteiger partial charge in [-0.15, -0.1) is 0 Å². The number of carboxylic acids is 1. The molecule has 8 heteroatoms. The van der Waals surface area contributed by atoms with Crippen LogP contribution >= 0.6 is 11.6 Å². The number of aliphatic carboxylic acids is 1. The molecule has 2 N–H and O–H groups in total. The number of benzene rings is 1. The predicted octanol–water partition coefficient (Wildman–Crippen LogP) is 2.40. The predicted molar refractivity (Wildman–Crippen MR) is 75.1 cm³/mol. The number of hydrogen-bond donors (Lipinski definition) is 2. The van der Waals surface area contributed by atoms with Crippen LogP contribution in [0.25, 0.3) is 0 Å². The van der Waals surface area contributed by atoms with Gasteiger partial charge in [-0.2, -0.15) is 0 Å². The van der Waals surface area contributed by atoms with E-state index in [2.05, 4.69) is 4.72 Å². The molecule has 2 atom stereocenters. The highest BCUT2D eigenvalue weighted by Crippen LogP contribution is 2.39. The summed E-state index contributed by atoms with van der Waals surface area (Å²) in [5, 5.41) is 9.05. The summed E-state index contributed by atoms with van der Waals surface area (Å²) in [5.74, 6) is -1.69. The monoisotopic (exact) mass is 335 g/mol. The molecule has 2 unspecified atom stereocenters. The number of hydrogen-bond acceptors (Lipinski definition) is 3. The van der Waals surface area contributed by atoms with E-state index in [1.165, 1.54) is 6.92 Å². The summed E-state index contributed by atoms with van der Waals surface area (Å²) in [4.78, 5) is 11.1. The lowest BCUT2D eigenvalue weighted by Gasteiger charge is -2.27. The Balaban J connectivity index is 2.31. The largest absolute Gasteiger partial charge is 0.481 e. The minimum absolute atomic E-state index is 0.238. The van der Waals surface area contributed by atoms with Crippen LogP contribution in [0.5, 0.6) is 0 Å². The second kappa shape index (κ2) is 5.55. The lowest BCUT2D eigenvalue weighted by Crippen LogP contribution is -2.46. The standard InChI is InChI=1S/C13H15ClFNO4S/c1-13(12(17)18)6-2-3-11(13)16-21(19,20)10-5-4-8(15)7-9(10)14/h4-5,7,11,16H,2-3,6H2,1H3,(H,17,18). The molecule has 0 aliphatic heterocycles. The average molecular weight is 336 g/mol. The fourth-order valence-corrected chi connectivity index (χ4v) is 4.47.